The normalized spacial score (nSPS) is 13.5. The summed E-state index contributed by atoms with van der Waals surface area (Å²) in [4.78, 5) is 58.0. The van der Waals surface area contributed by atoms with Gasteiger partial charge in [-0.05, 0) is 48.8 Å². The van der Waals surface area contributed by atoms with E-state index >= 15 is 0 Å². The number of fused-ring (bicyclic) bond motifs is 1. The van der Waals surface area contributed by atoms with Crippen LogP contribution in [-0.4, -0.2) is 66.0 Å². The van der Waals surface area contributed by atoms with Gasteiger partial charge in [-0.25, -0.2) is 0 Å². The van der Waals surface area contributed by atoms with Gasteiger partial charge in [0.25, 0.3) is 0 Å². The van der Waals surface area contributed by atoms with Gasteiger partial charge in [0.1, 0.15) is 23.4 Å². The Bertz CT molecular complexity index is 1370. The van der Waals surface area contributed by atoms with E-state index in [-0.39, 0.29) is 25.3 Å². The van der Waals surface area contributed by atoms with Crippen molar-refractivity contribution in [2.24, 2.45) is 11.7 Å². The maximum atomic E-state index is 13.0. The summed E-state index contributed by atoms with van der Waals surface area (Å²) >= 11 is 0. The van der Waals surface area contributed by atoms with Crippen LogP contribution in [0.3, 0.4) is 0 Å². The number of carboxylic acids is 3. The Morgan fingerprint density at radius 2 is 1.62 bits per heavy atom. The van der Waals surface area contributed by atoms with Gasteiger partial charge in [-0.2, -0.15) is 9.97 Å². The van der Waals surface area contributed by atoms with Crippen LogP contribution >= 0.6 is 0 Å². The SMILES string of the molecule is Nc1nc(N)c2c(CCCc3ccc(CN[C@@H](CCC(=O)O)C(=O)C(C[C@H](N)C(=O)O)C(=O)O)cc3)c[nH]c2n1. The molecule has 14 nitrogen and oxygen atoms in total. The van der Waals surface area contributed by atoms with Crippen molar-refractivity contribution >= 4 is 46.5 Å². The first-order chi connectivity index (χ1) is 19.0. The van der Waals surface area contributed by atoms with Crippen LogP contribution in [0.5, 0.6) is 0 Å². The van der Waals surface area contributed by atoms with Crippen molar-refractivity contribution in [3.05, 3.63) is 47.2 Å². The smallest absolute Gasteiger partial charge is 0.320 e. The van der Waals surface area contributed by atoms with E-state index in [4.69, 9.17) is 27.4 Å². The second-order valence-corrected chi connectivity index (χ2v) is 9.51. The van der Waals surface area contributed by atoms with Crippen LogP contribution in [0.15, 0.2) is 30.5 Å². The van der Waals surface area contributed by atoms with Gasteiger partial charge in [0.2, 0.25) is 5.95 Å². The first kappa shape index (κ1) is 30.0. The van der Waals surface area contributed by atoms with E-state index in [9.17, 15) is 24.3 Å². The number of aromatic amines is 1. The summed E-state index contributed by atoms with van der Waals surface area (Å²) in [6.07, 6.45) is 3.06. The molecule has 0 aliphatic heterocycles. The van der Waals surface area contributed by atoms with Crippen LogP contribution in [0.4, 0.5) is 11.8 Å². The Morgan fingerprint density at radius 1 is 0.950 bits per heavy atom. The third-order valence-electron chi connectivity index (χ3n) is 6.58. The number of benzene rings is 1. The molecule has 3 atom stereocenters. The number of aryl methyl sites for hydroxylation is 2. The summed E-state index contributed by atoms with van der Waals surface area (Å²) in [5, 5.41) is 31.3. The van der Waals surface area contributed by atoms with Gasteiger partial charge in [-0.3, -0.25) is 19.2 Å². The van der Waals surface area contributed by atoms with E-state index in [0.717, 1.165) is 41.3 Å². The minimum atomic E-state index is -1.68. The lowest BCUT2D eigenvalue weighted by Crippen LogP contribution is -2.45. The van der Waals surface area contributed by atoms with E-state index < -0.39 is 48.1 Å². The summed E-state index contributed by atoms with van der Waals surface area (Å²) in [5.41, 5.74) is 20.5. The number of anilines is 2. The summed E-state index contributed by atoms with van der Waals surface area (Å²) < 4.78 is 0. The zero-order chi connectivity index (χ0) is 29.4. The number of H-pyrrole nitrogens is 1. The number of hydrogen-bond acceptors (Lipinski definition) is 10. The molecule has 3 rings (SSSR count). The second-order valence-electron chi connectivity index (χ2n) is 9.51. The summed E-state index contributed by atoms with van der Waals surface area (Å²) in [6, 6.07) is 4.93. The van der Waals surface area contributed by atoms with Crippen LogP contribution in [0.2, 0.25) is 0 Å². The van der Waals surface area contributed by atoms with Crippen molar-refractivity contribution in [3.63, 3.8) is 0 Å². The highest BCUT2D eigenvalue weighted by molar-refractivity contribution is 6.01. The zero-order valence-electron chi connectivity index (χ0n) is 21.7. The molecule has 0 aliphatic carbocycles. The Kier molecular flexibility index (Phi) is 10.1. The fraction of sp³-hybridized carbons (Fsp3) is 0.385. The van der Waals surface area contributed by atoms with Gasteiger partial charge in [0.05, 0.1) is 11.4 Å². The molecular weight excluding hydrogens is 522 g/mol. The number of rotatable bonds is 16. The monoisotopic (exact) mass is 555 g/mol. The molecule has 2 heterocycles. The van der Waals surface area contributed by atoms with E-state index in [1.54, 1.807) is 0 Å². The zero-order valence-corrected chi connectivity index (χ0v) is 21.7. The minimum absolute atomic E-state index is 0.106. The third-order valence-corrected chi connectivity index (χ3v) is 6.58. The molecule has 1 unspecified atom stereocenters. The highest BCUT2D eigenvalue weighted by Gasteiger charge is 2.35. The largest absolute Gasteiger partial charge is 0.481 e. The summed E-state index contributed by atoms with van der Waals surface area (Å²) in [5.74, 6) is -6.15. The molecule has 1 aromatic carbocycles. The van der Waals surface area contributed by atoms with E-state index in [1.807, 2.05) is 30.5 Å². The number of ketones is 1. The fourth-order valence-corrected chi connectivity index (χ4v) is 4.44. The maximum absolute atomic E-state index is 13.0. The lowest BCUT2D eigenvalue weighted by Gasteiger charge is -2.22. The Balaban J connectivity index is 1.59. The molecule has 0 saturated heterocycles. The second kappa shape index (κ2) is 13.5. The highest BCUT2D eigenvalue weighted by Crippen LogP contribution is 2.24. The predicted molar refractivity (Wildman–Crippen MR) is 145 cm³/mol. The number of aromatic nitrogens is 3. The number of carbonyl (C=O) groups excluding carboxylic acids is 1. The molecule has 0 spiro atoms. The predicted octanol–water partition coefficient (Wildman–Crippen LogP) is 0.693. The lowest BCUT2D eigenvalue weighted by molar-refractivity contribution is -0.148. The molecule has 214 valence electrons. The quantitative estimate of drug-likeness (QED) is 0.113. The van der Waals surface area contributed by atoms with Gasteiger partial charge in [0.15, 0.2) is 5.78 Å². The molecule has 3 aromatic rings. The number of nitrogen functional groups attached to an aromatic ring is 2. The molecule has 0 fully saturated rings. The number of carboxylic acid groups (broad SMARTS) is 3. The van der Waals surface area contributed by atoms with Gasteiger partial charge < -0.3 is 42.8 Å². The van der Waals surface area contributed by atoms with Crippen molar-refractivity contribution in [1.29, 1.82) is 0 Å². The van der Waals surface area contributed by atoms with E-state index in [0.29, 0.717) is 11.5 Å². The Labute approximate surface area is 229 Å². The average molecular weight is 556 g/mol. The van der Waals surface area contributed by atoms with E-state index in [2.05, 4.69) is 20.3 Å². The number of nitrogens with zero attached hydrogens (tertiary/aromatic N) is 2. The average Bonchev–Trinajstić information content (AvgIpc) is 3.30. The standard InChI is InChI=1S/C26H33N7O7/c27-17(25(39)40)10-16(24(37)38)21(36)18(8-9-19(34)35)30-11-14-6-4-13(5-7-14)2-1-3-15-12-31-23-20(15)22(28)32-26(29)33-23/h4-7,12,16-18,30H,1-3,8-11,27H2,(H,34,35)(H,37,38)(H,39,40)(H5,28,29,31,32,33)/t16?,17-,18-/m0/s1. The number of carbonyl (C=O) groups is 4. The van der Waals surface area contributed by atoms with Crippen LogP contribution < -0.4 is 22.5 Å². The molecule has 0 amide bonds. The molecule has 0 aliphatic rings. The lowest BCUT2D eigenvalue weighted by atomic mass is 9.89. The summed E-state index contributed by atoms with van der Waals surface area (Å²) in [6.45, 7) is 0.172. The number of nitrogens with one attached hydrogen (secondary N) is 2. The molecule has 40 heavy (non-hydrogen) atoms. The van der Waals surface area contributed by atoms with Crippen LogP contribution in [0, 0.1) is 5.92 Å². The third kappa shape index (κ3) is 7.97. The summed E-state index contributed by atoms with van der Waals surface area (Å²) in [7, 11) is 0. The first-order valence-corrected chi connectivity index (χ1v) is 12.6. The van der Waals surface area contributed by atoms with Gasteiger partial charge in [-0.15, -0.1) is 0 Å². The Morgan fingerprint density at radius 3 is 2.25 bits per heavy atom. The van der Waals surface area contributed by atoms with Gasteiger partial charge in [0, 0.05) is 19.2 Å². The molecule has 0 bridgehead atoms. The number of hydrogen-bond donors (Lipinski definition) is 8. The molecule has 0 radical (unpaired) electrons. The fourth-order valence-electron chi connectivity index (χ4n) is 4.44. The van der Waals surface area contributed by atoms with Crippen molar-refractivity contribution < 1.29 is 34.5 Å². The van der Waals surface area contributed by atoms with Crippen LogP contribution in [-0.2, 0) is 38.6 Å². The maximum Gasteiger partial charge on any atom is 0.320 e. The molecule has 14 heteroatoms. The van der Waals surface area contributed by atoms with Crippen LogP contribution in [0.25, 0.3) is 11.0 Å². The number of aliphatic carboxylic acids is 3. The van der Waals surface area contributed by atoms with Crippen molar-refractivity contribution in [2.45, 2.75) is 57.2 Å². The van der Waals surface area contributed by atoms with Gasteiger partial charge >= 0.3 is 17.9 Å². The van der Waals surface area contributed by atoms with Crippen LogP contribution in [0.1, 0.15) is 42.4 Å². The van der Waals surface area contributed by atoms with Crippen molar-refractivity contribution in [3.8, 4) is 0 Å². The number of nitrogens with two attached hydrogens (primary N) is 3. The number of Topliss-reactive ketones (excluding diaryl/α,β-unsaturated/α-hetero) is 1. The van der Waals surface area contributed by atoms with Crippen molar-refractivity contribution in [2.75, 3.05) is 11.5 Å². The van der Waals surface area contributed by atoms with Crippen molar-refractivity contribution in [1.82, 2.24) is 20.3 Å². The molecule has 2 aromatic heterocycles. The topological polar surface area (TPSA) is 261 Å². The highest BCUT2D eigenvalue weighted by atomic mass is 16.4. The molecule has 0 saturated carbocycles. The minimum Gasteiger partial charge on any atom is -0.481 e. The first-order valence-electron chi connectivity index (χ1n) is 12.6. The van der Waals surface area contributed by atoms with Gasteiger partial charge in [-0.1, -0.05) is 24.3 Å². The van der Waals surface area contributed by atoms with E-state index in [1.165, 1.54) is 0 Å². The molecule has 11 N–H and O–H groups in total. The Hall–Kier alpha value is -4.56. The molecular formula is C26H33N7O7.